The first-order valence-corrected chi connectivity index (χ1v) is 8.84. The summed E-state index contributed by atoms with van der Waals surface area (Å²) in [6.45, 7) is 4.89. The highest BCUT2D eigenvalue weighted by Crippen LogP contribution is 2.39. The molecule has 1 aromatic carbocycles. The van der Waals surface area contributed by atoms with Crippen molar-refractivity contribution < 1.29 is 5.11 Å². The van der Waals surface area contributed by atoms with Crippen LogP contribution in [0.4, 0.5) is 5.69 Å². The lowest BCUT2D eigenvalue weighted by atomic mass is 9.79. The number of hydrogen-bond donors (Lipinski definition) is 2. The highest BCUT2D eigenvalue weighted by Gasteiger charge is 2.48. The zero-order valence-electron chi connectivity index (χ0n) is 13.9. The van der Waals surface area contributed by atoms with Gasteiger partial charge in [0.1, 0.15) is 11.4 Å². The van der Waals surface area contributed by atoms with E-state index in [9.17, 15) is 5.11 Å². The first kappa shape index (κ1) is 16.4. The molecule has 23 heavy (non-hydrogen) atoms. The number of nitrogens with one attached hydrogen (secondary N) is 1. The average Bonchev–Trinajstić information content (AvgIpc) is 2.77. The Balaban J connectivity index is 1.96. The number of nitrogens with zero attached hydrogens (tertiary/aromatic N) is 2. The second-order valence-electron chi connectivity index (χ2n) is 6.60. The third-order valence-electron chi connectivity index (χ3n) is 5.12. The molecule has 124 valence electrons. The van der Waals surface area contributed by atoms with Crippen LogP contribution in [0.15, 0.2) is 23.2 Å². The van der Waals surface area contributed by atoms with Crippen LogP contribution >= 0.6 is 12.2 Å². The SMILES string of the molecule is Cc1cccc(C)c1NC1=NC(=S)N(CCO)C12CCCCC2. The second-order valence-corrected chi connectivity index (χ2v) is 6.97. The Morgan fingerprint density at radius 3 is 2.48 bits per heavy atom. The summed E-state index contributed by atoms with van der Waals surface area (Å²) in [5, 5.41) is 13.7. The van der Waals surface area contributed by atoms with Crippen LogP contribution in [-0.4, -0.2) is 39.6 Å². The lowest BCUT2D eigenvalue weighted by molar-refractivity contribution is 0.161. The predicted molar refractivity (Wildman–Crippen MR) is 99.2 cm³/mol. The van der Waals surface area contributed by atoms with Gasteiger partial charge in [-0.2, -0.15) is 0 Å². The number of thiocarbonyl (C=S) groups is 1. The van der Waals surface area contributed by atoms with Gasteiger partial charge in [0.2, 0.25) is 0 Å². The van der Waals surface area contributed by atoms with Crippen molar-refractivity contribution in [1.29, 1.82) is 0 Å². The van der Waals surface area contributed by atoms with Crippen LogP contribution in [0.3, 0.4) is 0 Å². The maximum absolute atomic E-state index is 9.45. The molecule has 2 N–H and O–H groups in total. The van der Waals surface area contributed by atoms with Gasteiger partial charge in [0.05, 0.1) is 6.61 Å². The number of aliphatic hydroxyl groups excluding tert-OH is 1. The molecule has 0 radical (unpaired) electrons. The first-order chi connectivity index (χ1) is 11.1. The number of hydrogen-bond acceptors (Lipinski definition) is 3. The Morgan fingerprint density at radius 1 is 1.22 bits per heavy atom. The van der Waals surface area contributed by atoms with Gasteiger partial charge in [-0.1, -0.05) is 37.5 Å². The molecule has 0 bridgehead atoms. The second kappa shape index (κ2) is 6.57. The van der Waals surface area contributed by atoms with Gasteiger partial charge in [-0.25, -0.2) is 4.99 Å². The van der Waals surface area contributed by atoms with E-state index in [1.54, 1.807) is 0 Å². The van der Waals surface area contributed by atoms with E-state index in [1.165, 1.54) is 30.4 Å². The molecule has 1 spiro atoms. The monoisotopic (exact) mass is 331 g/mol. The van der Waals surface area contributed by atoms with E-state index in [0.717, 1.165) is 24.4 Å². The molecule has 1 aliphatic heterocycles. The number of aliphatic hydroxyl groups is 1. The predicted octanol–water partition coefficient (Wildman–Crippen LogP) is 3.41. The smallest absolute Gasteiger partial charge is 0.198 e. The fourth-order valence-electron chi connectivity index (χ4n) is 3.90. The number of β-amino-alcohol motifs (C(OH)–C–C–N with tert-alkyl or cyclic N) is 1. The summed E-state index contributed by atoms with van der Waals surface area (Å²) in [6, 6.07) is 6.30. The summed E-state index contributed by atoms with van der Waals surface area (Å²) in [5.41, 5.74) is 3.40. The number of aryl methyl sites for hydroxylation is 2. The first-order valence-electron chi connectivity index (χ1n) is 8.43. The van der Waals surface area contributed by atoms with Crippen molar-refractivity contribution in [2.24, 2.45) is 4.99 Å². The molecule has 0 amide bonds. The van der Waals surface area contributed by atoms with Gasteiger partial charge in [0.25, 0.3) is 0 Å². The van der Waals surface area contributed by atoms with E-state index in [1.807, 2.05) is 0 Å². The maximum Gasteiger partial charge on any atom is 0.198 e. The minimum atomic E-state index is -0.160. The molecule has 0 atom stereocenters. The molecule has 1 aromatic rings. The number of benzene rings is 1. The molecule has 4 nitrogen and oxygen atoms in total. The molecule has 0 unspecified atom stereocenters. The summed E-state index contributed by atoms with van der Waals surface area (Å²) in [4.78, 5) is 6.83. The van der Waals surface area contributed by atoms with Crippen molar-refractivity contribution in [2.45, 2.75) is 51.5 Å². The maximum atomic E-state index is 9.45. The van der Waals surface area contributed by atoms with Crippen LogP contribution in [0.5, 0.6) is 0 Å². The molecule has 1 fully saturated rings. The van der Waals surface area contributed by atoms with Crippen LogP contribution in [-0.2, 0) is 0 Å². The molecule has 1 saturated carbocycles. The Kier molecular flexibility index (Phi) is 4.69. The normalized spacial score (nSPS) is 20.0. The van der Waals surface area contributed by atoms with E-state index in [0.29, 0.717) is 11.7 Å². The van der Waals surface area contributed by atoms with Gasteiger partial charge in [-0.15, -0.1) is 0 Å². The highest BCUT2D eigenvalue weighted by molar-refractivity contribution is 7.80. The van der Waals surface area contributed by atoms with Crippen molar-refractivity contribution in [1.82, 2.24) is 4.90 Å². The summed E-state index contributed by atoms with van der Waals surface area (Å²) in [6.07, 6.45) is 5.71. The number of rotatable bonds is 3. The molecule has 1 aliphatic carbocycles. The highest BCUT2D eigenvalue weighted by atomic mass is 32.1. The lowest BCUT2D eigenvalue weighted by Crippen LogP contribution is -2.55. The molecule has 0 saturated heterocycles. The van der Waals surface area contributed by atoms with Crippen molar-refractivity contribution in [2.75, 3.05) is 18.5 Å². The largest absolute Gasteiger partial charge is 0.395 e. The minimum absolute atomic E-state index is 0.105. The molecule has 1 heterocycles. The summed E-state index contributed by atoms with van der Waals surface area (Å²) >= 11 is 5.51. The van der Waals surface area contributed by atoms with Gasteiger partial charge in [0, 0.05) is 12.2 Å². The van der Waals surface area contributed by atoms with Crippen molar-refractivity contribution >= 4 is 28.9 Å². The van der Waals surface area contributed by atoms with Crippen LogP contribution in [0, 0.1) is 13.8 Å². The molecule has 0 aromatic heterocycles. The fourth-order valence-corrected chi connectivity index (χ4v) is 4.26. The number of aliphatic imine (C=N–C) groups is 1. The molecular formula is C18H25N3OS. The fraction of sp³-hybridized carbons (Fsp3) is 0.556. The van der Waals surface area contributed by atoms with Gasteiger partial charge in [-0.05, 0) is 50.0 Å². The van der Waals surface area contributed by atoms with Gasteiger partial charge in [-0.3, -0.25) is 0 Å². The van der Waals surface area contributed by atoms with Gasteiger partial charge in [0.15, 0.2) is 5.11 Å². The molecule has 3 rings (SSSR count). The van der Waals surface area contributed by atoms with E-state index < -0.39 is 0 Å². The van der Waals surface area contributed by atoms with E-state index in [2.05, 4.69) is 42.3 Å². The lowest BCUT2D eigenvalue weighted by Gasteiger charge is -2.42. The van der Waals surface area contributed by atoms with Crippen molar-refractivity contribution in [3.8, 4) is 0 Å². The van der Waals surface area contributed by atoms with Crippen molar-refractivity contribution in [3.05, 3.63) is 29.3 Å². The van der Waals surface area contributed by atoms with Crippen LogP contribution in [0.25, 0.3) is 0 Å². The van der Waals surface area contributed by atoms with E-state index >= 15 is 0 Å². The van der Waals surface area contributed by atoms with E-state index in [-0.39, 0.29) is 12.1 Å². The number of anilines is 1. The average molecular weight is 331 g/mol. The van der Waals surface area contributed by atoms with Crippen LogP contribution in [0.2, 0.25) is 0 Å². The molecule has 5 heteroatoms. The third-order valence-corrected chi connectivity index (χ3v) is 5.44. The number of amidine groups is 1. The Hall–Kier alpha value is -1.46. The Morgan fingerprint density at radius 2 is 1.87 bits per heavy atom. The van der Waals surface area contributed by atoms with Crippen LogP contribution < -0.4 is 5.32 Å². The van der Waals surface area contributed by atoms with Crippen LogP contribution in [0.1, 0.15) is 43.2 Å². The zero-order valence-corrected chi connectivity index (χ0v) is 14.7. The zero-order chi connectivity index (χ0) is 16.4. The Labute approximate surface area is 143 Å². The van der Waals surface area contributed by atoms with E-state index in [4.69, 9.17) is 17.2 Å². The summed E-state index contributed by atoms with van der Waals surface area (Å²) in [7, 11) is 0. The van der Waals surface area contributed by atoms with Gasteiger partial charge < -0.3 is 15.3 Å². The number of para-hydroxylation sites is 1. The third kappa shape index (κ3) is 2.88. The minimum Gasteiger partial charge on any atom is -0.395 e. The quantitative estimate of drug-likeness (QED) is 0.833. The summed E-state index contributed by atoms with van der Waals surface area (Å²) in [5.74, 6) is 0.966. The molecular weight excluding hydrogens is 306 g/mol. The van der Waals surface area contributed by atoms with Gasteiger partial charge >= 0.3 is 0 Å². The van der Waals surface area contributed by atoms with Crippen molar-refractivity contribution in [3.63, 3.8) is 0 Å². The standard InChI is InChI=1S/C18H25N3OS/c1-13-7-6-8-14(2)15(13)19-16-18(9-4-3-5-10-18)21(11-12-22)17(23)20-16/h6-8,22H,3-5,9-12H2,1-2H3,(H,19,20,23). The molecule has 2 aliphatic rings. The topological polar surface area (TPSA) is 47.9 Å². The summed E-state index contributed by atoms with van der Waals surface area (Å²) < 4.78 is 0. The Bertz CT molecular complexity index is 615.